The van der Waals surface area contributed by atoms with Crippen molar-refractivity contribution in [2.24, 2.45) is 18.9 Å². The van der Waals surface area contributed by atoms with Crippen LogP contribution in [0.5, 0.6) is 0 Å². The number of carbonyl (C=O) groups is 1. The molecule has 3 aromatic heterocycles. The largest absolute Gasteiger partial charge is 0.339 e. The Balaban J connectivity index is 1.77. The van der Waals surface area contributed by atoms with Gasteiger partial charge in [-0.3, -0.25) is 9.59 Å². The molecule has 0 saturated heterocycles. The molecule has 0 fully saturated rings. The maximum Gasteiger partial charge on any atom is 0.268 e. The summed E-state index contributed by atoms with van der Waals surface area (Å²) in [7, 11) is 1.89. The van der Waals surface area contributed by atoms with Gasteiger partial charge in [0.1, 0.15) is 0 Å². The molecular formula is C24H30N4O2S. The Morgan fingerprint density at radius 1 is 1.06 bits per heavy atom. The molecule has 1 aromatic carbocycles. The minimum absolute atomic E-state index is 0.0503. The van der Waals surface area contributed by atoms with Crippen LogP contribution in [0.25, 0.3) is 27.7 Å². The minimum Gasteiger partial charge on any atom is -0.339 e. The van der Waals surface area contributed by atoms with Gasteiger partial charge in [0.05, 0.1) is 21.9 Å². The molecule has 0 radical (unpaired) electrons. The van der Waals surface area contributed by atoms with Crippen LogP contribution in [0.4, 0.5) is 0 Å². The Kier molecular flexibility index (Phi) is 5.88. The van der Waals surface area contributed by atoms with Crippen molar-refractivity contribution in [1.29, 1.82) is 0 Å². The molecule has 6 nitrogen and oxygen atoms in total. The monoisotopic (exact) mass is 438 g/mol. The number of fused-ring (bicyclic) bond motifs is 4. The van der Waals surface area contributed by atoms with E-state index in [0.29, 0.717) is 34.1 Å². The van der Waals surface area contributed by atoms with E-state index in [9.17, 15) is 9.59 Å². The first kappa shape index (κ1) is 21.6. The number of rotatable bonds is 7. The quantitative estimate of drug-likeness (QED) is 0.411. The van der Waals surface area contributed by atoms with E-state index in [0.717, 1.165) is 37.0 Å². The SMILES string of the molecule is CC(C)CCN(CCC(C)C)C(=O)c1ccc2c(c1)n(C)c1nc3cscc3c(=O)n21. The second-order valence-corrected chi connectivity index (χ2v) is 9.89. The third-order valence-corrected chi connectivity index (χ3v) is 6.59. The summed E-state index contributed by atoms with van der Waals surface area (Å²) in [6.07, 6.45) is 1.96. The zero-order chi connectivity index (χ0) is 22.3. The number of carbonyl (C=O) groups excluding carboxylic acids is 1. The second kappa shape index (κ2) is 8.46. The lowest BCUT2D eigenvalue weighted by molar-refractivity contribution is 0.0741. The summed E-state index contributed by atoms with van der Waals surface area (Å²) in [5.41, 5.74) is 2.90. The highest BCUT2D eigenvalue weighted by Crippen LogP contribution is 2.23. The van der Waals surface area contributed by atoms with Crippen LogP contribution in [0.1, 0.15) is 50.9 Å². The Morgan fingerprint density at radius 2 is 1.74 bits per heavy atom. The fraction of sp³-hybridized carbons (Fsp3) is 0.458. The number of amides is 1. The van der Waals surface area contributed by atoms with Crippen molar-refractivity contribution in [3.8, 4) is 0 Å². The molecule has 0 N–H and O–H groups in total. The zero-order valence-electron chi connectivity index (χ0n) is 18.9. The maximum absolute atomic E-state index is 13.4. The number of aryl methyl sites for hydroxylation is 1. The minimum atomic E-state index is -0.0681. The molecular weight excluding hydrogens is 408 g/mol. The predicted molar refractivity (Wildman–Crippen MR) is 128 cm³/mol. The molecule has 4 aromatic rings. The van der Waals surface area contributed by atoms with Crippen LogP contribution in [0, 0.1) is 11.8 Å². The van der Waals surface area contributed by atoms with E-state index in [2.05, 4.69) is 32.7 Å². The Labute approximate surface area is 186 Å². The first-order valence-corrected chi connectivity index (χ1v) is 11.9. The number of nitrogens with zero attached hydrogens (tertiary/aromatic N) is 4. The average molecular weight is 439 g/mol. The van der Waals surface area contributed by atoms with Crippen molar-refractivity contribution in [1.82, 2.24) is 18.9 Å². The normalized spacial score (nSPS) is 12.1. The third kappa shape index (κ3) is 3.99. The van der Waals surface area contributed by atoms with Crippen LogP contribution in [-0.2, 0) is 7.05 Å². The molecule has 0 unspecified atom stereocenters. The number of hydrogen-bond donors (Lipinski definition) is 0. The van der Waals surface area contributed by atoms with Gasteiger partial charge in [0.2, 0.25) is 5.78 Å². The van der Waals surface area contributed by atoms with Gasteiger partial charge in [0.15, 0.2) is 0 Å². The molecule has 0 aliphatic rings. The molecule has 4 rings (SSSR count). The topological polar surface area (TPSA) is 59.6 Å². The first-order valence-electron chi connectivity index (χ1n) is 10.9. The van der Waals surface area contributed by atoms with E-state index in [4.69, 9.17) is 0 Å². The highest BCUT2D eigenvalue weighted by Gasteiger charge is 2.20. The van der Waals surface area contributed by atoms with Crippen molar-refractivity contribution in [3.63, 3.8) is 0 Å². The van der Waals surface area contributed by atoms with Crippen LogP contribution in [0.2, 0.25) is 0 Å². The van der Waals surface area contributed by atoms with Crippen molar-refractivity contribution < 1.29 is 4.79 Å². The van der Waals surface area contributed by atoms with Crippen molar-refractivity contribution in [3.05, 3.63) is 44.9 Å². The van der Waals surface area contributed by atoms with Crippen molar-refractivity contribution in [2.45, 2.75) is 40.5 Å². The van der Waals surface area contributed by atoms with Gasteiger partial charge in [-0.25, -0.2) is 9.38 Å². The highest BCUT2D eigenvalue weighted by molar-refractivity contribution is 7.09. The fourth-order valence-electron chi connectivity index (χ4n) is 3.90. The van der Waals surface area contributed by atoms with Crippen LogP contribution < -0.4 is 5.56 Å². The van der Waals surface area contributed by atoms with E-state index in [1.807, 2.05) is 45.5 Å². The van der Waals surface area contributed by atoms with Crippen LogP contribution in [0.3, 0.4) is 0 Å². The van der Waals surface area contributed by atoms with Gasteiger partial charge >= 0.3 is 0 Å². The zero-order valence-corrected chi connectivity index (χ0v) is 19.7. The molecule has 164 valence electrons. The van der Waals surface area contributed by atoms with E-state index >= 15 is 0 Å². The van der Waals surface area contributed by atoms with Crippen LogP contribution in [0.15, 0.2) is 33.8 Å². The van der Waals surface area contributed by atoms with Crippen molar-refractivity contribution >= 4 is 45.0 Å². The van der Waals surface area contributed by atoms with Gasteiger partial charge in [0, 0.05) is 36.5 Å². The summed E-state index contributed by atoms with van der Waals surface area (Å²) < 4.78 is 3.55. The fourth-order valence-corrected chi connectivity index (χ4v) is 4.63. The molecule has 7 heteroatoms. The van der Waals surface area contributed by atoms with Gasteiger partial charge in [-0.1, -0.05) is 27.7 Å². The number of aromatic nitrogens is 3. The van der Waals surface area contributed by atoms with Crippen LogP contribution in [-0.4, -0.2) is 37.8 Å². The van der Waals surface area contributed by atoms with E-state index < -0.39 is 0 Å². The molecule has 0 bridgehead atoms. The van der Waals surface area contributed by atoms with Gasteiger partial charge in [0.25, 0.3) is 11.5 Å². The summed E-state index contributed by atoms with van der Waals surface area (Å²) in [5.74, 6) is 1.73. The standard InChI is InChI=1S/C24H30N4O2S/c1-15(2)8-10-27(11-9-16(3)4)22(29)17-6-7-20-21(12-17)26(5)24-25-19-14-31-13-18(19)23(30)28(20)24/h6-7,12-16H,8-11H2,1-5H3. The molecule has 0 saturated carbocycles. The lowest BCUT2D eigenvalue weighted by Crippen LogP contribution is -2.34. The summed E-state index contributed by atoms with van der Waals surface area (Å²) in [6.45, 7) is 10.2. The molecule has 0 atom stereocenters. The smallest absolute Gasteiger partial charge is 0.268 e. The molecule has 31 heavy (non-hydrogen) atoms. The molecule has 0 spiro atoms. The number of hydrogen-bond acceptors (Lipinski definition) is 4. The molecule has 3 heterocycles. The van der Waals surface area contributed by atoms with Gasteiger partial charge in [-0.2, -0.15) is 0 Å². The molecule has 0 aliphatic carbocycles. The summed E-state index contributed by atoms with van der Waals surface area (Å²) >= 11 is 1.48. The van der Waals surface area contributed by atoms with E-state index in [-0.39, 0.29) is 11.5 Å². The summed E-state index contributed by atoms with van der Waals surface area (Å²) in [4.78, 5) is 33.1. The van der Waals surface area contributed by atoms with E-state index in [1.165, 1.54) is 11.3 Å². The maximum atomic E-state index is 13.4. The highest BCUT2D eigenvalue weighted by atomic mass is 32.1. The van der Waals surface area contributed by atoms with Crippen molar-refractivity contribution in [2.75, 3.05) is 13.1 Å². The van der Waals surface area contributed by atoms with Gasteiger partial charge in [-0.15, -0.1) is 11.3 Å². The molecule has 1 amide bonds. The number of imidazole rings is 1. The summed E-state index contributed by atoms with van der Waals surface area (Å²) in [5, 5.41) is 4.36. The Bertz CT molecular complexity index is 1300. The average Bonchev–Trinajstić information content (AvgIpc) is 3.31. The van der Waals surface area contributed by atoms with Crippen LogP contribution >= 0.6 is 11.3 Å². The Hall–Kier alpha value is -2.67. The number of benzene rings is 1. The first-order chi connectivity index (χ1) is 14.8. The molecule has 0 aliphatic heterocycles. The van der Waals surface area contributed by atoms with E-state index in [1.54, 1.807) is 4.40 Å². The predicted octanol–water partition coefficient (Wildman–Crippen LogP) is 4.94. The lowest BCUT2D eigenvalue weighted by atomic mass is 10.1. The van der Waals surface area contributed by atoms with Gasteiger partial charge in [-0.05, 0) is 42.9 Å². The second-order valence-electron chi connectivity index (χ2n) is 9.14. The third-order valence-electron chi connectivity index (χ3n) is 5.86. The lowest BCUT2D eigenvalue weighted by Gasteiger charge is -2.24. The Morgan fingerprint density at radius 3 is 2.39 bits per heavy atom. The summed E-state index contributed by atoms with van der Waals surface area (Å²) in [6, 6.07) is 5.61. The van der Waals surface area contributed by atoms with Gasteiger partial charge < -0.3 is 9.47 Å². The number of thiophene rings is 1.